The van der Waals surface area contributed by atoms with Crippen LogP contribution in [0.2, 0.25) is 0 Å². The first-order valence-corrected chi connectivity index (χ1v) is 4.92. The summed E-state index contributed by atoms with van der Waals surface area (Å²) >= 11 is 0. The third-order valence-electron chi connectivity index (χ3n) is 2.16. The first-order valence-electron chi connectivity index (χ1n) is 4.92. The minimum absolute atomic E-state index is 0.0629. The smallest absolute Gasteiger partial charge is 0.387 e. The number of nitrogens with zero attached hydrogens (tertiary/aromatic N) is 1. The number of pyridine rings is 1. The number of hydrogen-bond donors (Lipinski definition) is 1. The van der Waals surface area contributed by atoms with Crippen molar-refractivity contribution >= 4 is 5.69 Å². The predicted molar refractivity (Wildman–Crippen MR) is 60.7 cm³/mol. The summed E-state index contributed by atoms with van der Waals surface area (Å²) in [6, 6.07) is 9.67. The van der Waals surface area contributed by atoms with Gasteiger partial charge in [-0.15, -0.1) is 0 Å². The Hall–Kier alpha value is -2.17. The van der Waals surface area contributed by atoms with Crippen LogP contribution < -0.4 is 10.5 Å². The molecule has 1 aromatic heterocycles. The summed E-state index contributed by atoms with van der Waals surface area (Å²) in [6.07, 6.45) is 1.57. The molecule has 0 spiro atoms. The number of anilines is 1. The van der Waals surface area contributed by atoms with Crippen molar-refractivity contribution < 1.29 is 13.5 Å². The zero-order valence-electron chi connectivity index (χ0n) is 8.81. The van der Waals surface area contributed by atoms with Crippen LogP contribution in [0.3, 0.4) is 0 Å². The molecule has 0 amide bonds. The summed E-state index contributed by atoms with van der Waals surface area (Å²) in [5.74, 6) is 0.0629. The molecule has 2 aromatic rings. The first-order chi connectivity index (χ1) is 8.16. The molecule has 2 N–H and O–H groups in total. The van der Waals surface area contributed by atoms with Gasteiger partial charge in [-0.1, -0.05) is 6.07 Å². The molecule has 17 heavy (non-hydrogen) atoms. The Morgan fingerprint density at radius 2 is 2.00 bits per heavy atom. The van der Waals surface area contributed by atoms with E-state index in [2.05, 4.69) is 9.72 Å². The second-order valence-electron chi connectivity index (χ2n) is 3.35. The molecule has 0 saturated heterocycles. The van der Waals surface area contributed by atoms with Gasteiger partial charge in [-0.05, 0) is 30.3 Å². The Bertz CT molecular complexity index is 503. The average molecular weight is 236 g/mol. The Labute approximate surface area is 96.9 Å². The molecule has 0 aliphatic carbocycles. The topological polar surface area (TPSA) is 48.1 Å². The lowest BCUT2D eigenvalue weighted by Gasteiger charge is -2.10. The van der Waals surface area contributed by atoms with E-state index in [9.17, 15) is 8.78 Å². The molecule has 0 aliphatic rings. The summed E-state index contributed by atoms with van der Waals surface area (Å²) in [4.78, 5) is 4.08. The molecule has 3 nitrogen and oxygen atoms in total. The zero-order chi connectivity index (χ0) is 12.3. The molecule has 0 atom stereocenters. The normalized spacial score (nSPS) is 10.5. The van der Waals surface area contributed by atoms with Crippen LogP contribution in [0, 0.1) is 0 Å². The van der Waals surface area contributed by atoms with Crippen LogP contribution >= 0.6 is 0 Å². The van der Waals surface area contributed by atoms with Crippen molar-refractivity contribution in [3.8, 4) is 17.0 Å². The van der Waals surface area contributed by atoms with Gasteiger partial charge in [0.15, 0.2) is 0 Å². The summed E-state index contributed by atoms with van der Waals surface area (Å²) in [6.45, 7) is -2.87. The molecule has 0 bridgehead atoms. The van der Waals surface area contributed by atoms with Gasteiger partial charge in [-0.3, -0.25) is 4.98 Å². The molecular weight excluding hydrogens is 226 g/mol. The van der Waals surface area contributed by atoms with Crippen molar-refractivity contribution in [2.24, 2.45) is 0 Å². The van der Waals surface area contributed by atoms with E-state index in [1.165, 1.54) is 12.1 Å². The molecule has 0 aliphatic heterocycles. The highest BCUT2D eigenvalue weighted by Crippen LogP contribution is 2.31. The largest absolute Gasteiger partial charge is 0.434 e. The molecule has 0 saturated carbocycles. The van der Waals surface area contributed by atoms with E-state index < -0.39 is 6.61 Å². The summed E-state index contributed by atoms with van der Waals surface area (Å²) in [7, 11) is 0. The number of benzene rings is 1. The quantitative estimate of drug-likeness (QED) is 0.833. The number of alkyl halides is 2. The van der Waals surface area contributed by atoms with Gasteiger partial charge in [0.1, 0.15) is 5.75 Å². The molecule has 0 unspecified atom stereocenters. The van der Waals surface area contributed by atoms with Gasteiger partial charge in [-0.2, -0.15) is 8.78 Å². The van der Waals surface area contributed by atoms with Gasteiger partial charge in [0.2, 0.25) is 0 Å². The fourth-order valence-electron chi connectivity index (χ4n) is 1.47. The summed E-state index contributed by atoms with van der Waals surface area (Å²) in [5.41, 5.74) is 7.08. The first kappa shape index (κ1) is 11.3. The monoisotopic (exact) mass is 236 g/mol. The standard InChI is InChI=1S/C12H10F2N2O/c13-12(14)17-11-5-4-8(15)7-9(11)10-3-1-2-6-16-10/h1-7,12H,15H2. The Kier molecular flexibility index (Phi) is 3.18. The maximum Gasteiger partial charge on any atom is 0.387 e. The van der Waals surface area contributed by atoms with Crippen molar-refractivity contribution in [3.63, 3.8) is 0 Å². The molecule has 1 aromatic carbocycles. The minimum atomic E-state index is -2.87. The highest BCUT2D eigenvalue weighted by molar-refractivity contribution is 5.71. The molecular formula is C12H10F2N2O. The van der Waals surface area contributed by atoms with E-state index in [1.807, 2.05) is 0 Å². The van der Waals surface area contributed by atoms with Gasteiger partial charge in [0, 0.05) is 17.4 Å². The second-order valence-corrected chi connectivity index (χ2v) is 3.35. The SMILES string of the molecule is Nc1ccc(OC(F)F)c(-c2ccccn2)c1. The average Bonchev–Trinajstić information content (AvgIpc) is 2.32. The lowest BCUT2D eigenvalue weighted by Crippen LogP contribution is -2.03. The number of halogens is 2. The van der Waals surface area contributed by atoms with Crippen molar-refractivity contribution in [1.82, 2.24) is 4.98 Å². The number of rotatable bonds is 3. The molecule has 0 fully saturated rings. The van der Waals surface area contributed by atoms with Crippen molar-refractivity contribution in [2.45, 2.75) is 6.61 Å². The number of hydrogen-bond acceptors (Lipinski definition) is 3. The van der Waals surface area contributed by atoms with Gasteiger partial charge >= 0.3 is 6.61 Å². The lowest BCUT2D eigenvalue weighted by atomic mass is 10.1. The van der Waals surface area contributed by atoms with E-state index in [1.54, 1.807) is 30.5 Å². The van der Waals surface area contributed by atoms with Gasteiger partial charge < -0.3 is 10.5 Å². The predicted octanol–water partition coefficient (Wildman–Crippen LogP) is 2.93. The van der Waals surface area contributed by atoms with Crippen molar-refractivity contribution in [2.75, 3.05) is 5.73 Å². The number of nitrogens with two attached hydrogens (primary N) is 1. The van der Waals surface area contributed by atoms with Gasteiger partial charge in [0.05, 0.1) is 5.69 Å². The lowest BCUT2D eigenvalue weighted by molar-refractivity contribution is -0.0494. The van der Waals surface area contributed by atoms with E-state index in [0.29, 0.717) is 16.9 Å². The van der Waals surface area contributed by atoms with E-state index in [0.717, 1.165) is 0 Å². The van der Waals surface area contributed by atoms with Crippen LogP contribution in [0.15, 0.2) is 42.6 Å². The highest BCUT2D eigenvalue weighted by atomic mass is 19.3. The van der Waals surface area contributed by atoms with E-state index >= 15 is 0 Å². The van der Waals surface area contributed by atoms with Crippen LogP contribution in [0.5, 0.6) is 5.75 Å². The summed E-state index contributed by atoms with van der Waals surface area (Å²) in [5, 5.41) is 0. The Morgan fingerprint density at radius 3 is 2.65 bits per heavy atom. The maximum absolute atomic E-state index is 12.2. The third kappa shape index (κ3) is 2.69. The minimum Gasteiger partial charge on any atom is -0.434 e. The van der Waals surface area contributed by atoms with Crippen LogP contribution in [0.4, 0.5) is 14.5 Å². The molecule has 88 valence electrons. The van der Waals surface area contributed by atoms with Gasteiger partial charge in [0.25, 0.3) is 0 Å². The van der Waals surface area contributed by atoms with Gasteiger partial charge in [-0.25, -0.2) is 0 Å². The van der Waals surface area contributed by atoms with Crippen molar-refractivity contribution in [1.29, 1.82) is 0 Å². The maximum atomic E-state index is 12.2. The van der Waals surface area contributed by atoms with Crippen LogP contribution in [-0.2, 0) is 0 Å². The summed E-state index contributed by atoms with van der Waals surface area (Å²) < 4.78 is 28.9. The fraction of sp³-hybridized carbons (Fsp3) is 0.0833. The van der Waals surface area contributed by atoms with Crippen molar-refractivity contribution in [3.05, 3.63) is 42.6 Å². The van der Waals surface area contributed by atoms with Crippen LogP contribution in [-0.4, -0.2) is 11.6 Å². The zero-order valence-corrected chi connectivity index (χ0v) is 8.81. The molecule has 2 rings (SSSR count). The number of ether oxygens (including phenoxy) is 1. The fourth-order valence-corrected chi connectivity index (χ4v) is 1.47. The number of aromatic nitrogens is 1. The highest BCUT2D eigenvalue weighted by Gasteiger charge is 2.12. The van der Waals surface area contributed by atoms with E-state index in [-0.39, 0.29) is 5.75 Å². The number of nitrogen functional groups attached to an aromatic ring is 1. The second kappa shape index (κ2) is 4.78. The van der Waals surface area contributed by atoms with E-state index in [4.69, 9.17) is 5.73 Å². The Morgan fingerprint density at radius 1 is 1.18 bits per heavy atom. The van der Waals surface area contributed by atoms with Crippen LogP contribution in [0.25, 0.3) is 11.3 Å². The van der Waals surface area contributed by atoms with Crippen LogP contribution in [0.1, 0.15) is 0 Å². The third-order valence-corrected chi connectivity index (χ3v) is 2.16. The molecule has 5 heteroatoms. The Balaban J connectivity index is 2.47. The molecule has 0 radical (unpaired) electrons. The molecule has 1 heterocycles.